The fraction of sp³-hybridized carbons (Fsp3) is 0.818. The van der Waals surface area contributed by atoms with E-state index in [0.29, 0.717) is 0 Å². The summed E-state index contributed by atoms with van der Waals surface area (Å²) in [5.41, 5.74) is -1.74. The lowest BCUT2D eigenvalue weighted by Gasteiger charge is -2.42. The minimum absolute atomic E-state index is 0.530. The van der Waals surface area contributed by atoms with Crippen LogP contribution in [0.1, 0.15) is 34.6 Å². The lowest BCUT2D eigenvalue weighted by Crippen LogP contribution is -2.50. The van der Waals surface area contributed by atoms with Crippen molar-refractivity contribution in [2.75, 3.05) is 0 Å². The summed E-state index contributed by atoms with van der Waals surface area (Å²) in [6, 6.07) is 0. The number of aliphatic carboxylic acids is 2. The van der Waals surface area contributed by atoms with Gasteiger partial charge < -0.3 is 14.6 Å². The molecule has 0 saturated heterocycles. The molecule has 0 amide bonds. The Balaban J connectivity index is 5.59. The van der Waals surface area contributed by atoms with Gasteiger partial charge in [-0.3, -0.25) is 4.79 Å². The van der Waals surface area contributed by atoms with Crippen LogP contribution in [0.2, 0.25) is 0 Å². The van der Waals surface area contributed by atoms with E-state index in [-0.39, 0.29) is 0 Å². The van der Waals surface area contributed by atoms with Crippen LogP contribution < -0.4 is 0 Å². The number of hydrogen-bond donors (Lipinski definition) is 2. The average Bonchev–Trinajstić information content (AvgIpc) is 2.10. The van der Waals surface area contributed by atoms with Crippen molar-refractivity contribution in [1.82, 2.24) is 0 Å². The second-order valence-corrected chi connectivity index (χ2v) is 5.98. The molecule has 0 bridgehead atoms. The van der Waals surface area contributed by atoms with Crippen LogP contribution in [0, 0.1) is 16.7 Å². The van der Waals surface area contributed by atoms with Gasteiger partial charge in [0.15, 0.2) is 0 Å². The van der Waals surface area contributed by atoms with E-state index in [2.05, 4.69) is 10.5 Å². The Hall–Kier alpha value is -0.883. The van der Waals surface area contributed by atoms with Crippen molar-refractivity contribution in [2.24, 2.45) is 16.7 Å². The van der Waals surface area contributed by atoms with Crippen molar-refractivity contribution in [3.63, 3.8) is 0 Å². The van der Waals surface area contributed by atoms with Gasteiger partial charge in [0.1, 0.15) is 6.10 Å². The first-order chi connectivity index (χ1) is 7.46. The van der Waals surface area contributed by atoms with Crippen molar-refractivity contribution in [2.45, 2.75) is 40.7 Å². The van der Waals surface area contributed by atoms with Crippen LogP contribution in [0.4, 0.5) is 0 Å². The summed E-state index contributed by atoms with van der Waals surface area (Å²) < 4.78 is 4.78. The Labute approximate surface area is 105 Å². The highest BCUT2D eigenvalue weighted by atomic mass is 28.2. The smallest absolute Gasteiger partial charge is 0.331 e. The number of hydrogen-bond acceptors (Lipinski definition) is 3. The molecule has 0 spiro atoms. The molecule has 6 heteroatoms. The summed E-state index contributed by atoms with van der Waals surface area (Å²) in [5.74, 6) is -2.93. The zero-order chi connectivity index (χ0) is 14.0. The third-order valence-corrected chi connectivity index (χ3v) is 3.19. The average molecular weight is 259 g/mol. The van der Waals surface area contributed by atoms with Crippen LogP contribution in [-0.2, 0) is 14.0 Å². The molecule has 2 N–H and O–H groups in total. The monoisotopic (exact) mass is 259 g/mol. The third kappa shape index (κ3) is 3.54. The number of carbonyl (C=O) groups is 2. The summed E-state index contributed by atoms with van der Waals surface area (Å²) in [6.07, 6.45) is -1.22. The molecule has 97 valence electrons. The zero-order valence-electron chi connectivity index (χ0n) is 10.8. The summed E-state index contributed by atoms with van der Waals surface area (Å²) >= 11 is 0. The van der Waals surface area contributed by atoms with Gasteiger partial charge in [0.2, 0.25) is 10.5 Å². The molecular weight excluding hydrogens is 240 g/mol. The molecule has 0 aromatic heterocycles. The maximum absolute atomic E-state index is 11.3. The number of carboxylic acids is 2. The molecule has 0 rings (SSSR count). The molecule has 0 aromatic rings. The maximum Gasteiger partial charge on any atom is 0.331 e. The van der Waals surface area contributed by atoms with Gasteiger partial charge in [-0.1, -0.05) is 20.8 Å². The minimum Gasteiger partial charge on any atom is -0.481 e. The summed E-state index contributed by atoms with van der Waals surface area (Å²) in [7, 11) is 2.73. The van der Waals surface area contributed by atoms with Crippen LogP contribution >= 0.6 is 0 Å². The molecule has 0 aromatic carbocycles. The van der Waals surface area contributed by atoms with E-state index in [4.69, 9.17) is 9.53 Å². The second kappa shape index (κ2) is 5.18. The SMILES string of the molecule is CC(C)(C)C(C(O[Si])C(=O)O)C(C)(C)C(=O)O. The van der Waals surface area contributed by atoms with Crippen LogP contribution in [-0.4, -0.2) is 38.7 Å². The standard InChI is InChI=1S/C11H19O5Si/c1-10(2,3)7(6(16-17)8(12)13)11(4,5)9(14)15/h6-7H,1-5H3,(H,12,13)(H,14,15). The van der Waals surface area contributed by atoms with E-state index in [1.54, 1.807) is 20.8 Å². The first kappa shape index (κ1) is 16.1. The van der Waals surface area contributed by atoms with Gasteiger partial charge in [0, 0.05) is 5.92 Å². The lowest BCUT2D eigenvalue weighted by molar-refractivity contribution is -0.165. The van der Waals surface area contributed by atoms with Crippen molar-refractivity contribution in [3.05, 3.63) is 0 Å². The van der Waals surface area contributed by atoms with Crippen LogP contribution in [0.5, 0.6) is 0 Å². The molecule has 17 heavy (non-hydrogen) atoms. The largest absolute Gasteiger partial charge is 0.481 e. The van der Waals surface area contributed by atoms with E-state index in [1.807, 2.05) is 0 Å². The third-order valence-electron chi connectivity index (χ3n) is 2.93. The first-order valence-corrected chi connectivity index (χ1v) is 5.65. The molecule has 2 unspecified atom stereocenters. The predicted octanol–water partition coefficient (Wildman–Crippen LogP) is 1.31. The van der Waals surface area contributed by atoms with Gasteiger partial charge >= 0.3 is 11.9 Å². The van der Waals surface area contributed by atoms with Crippen LogP contribution in [0.3, 0.4) is 0 Å². The maximum atomic E-state index is 11.3. The van der Waals surface area contributed by atoms with Gasteiger partial charge in [-0.15, -0.1) is 0 Å². The van der Waals surface area contributed by atoms with E-state index in [0.717, 1.165) is 0 Å². The second-order valence-electron chi connectivity index (χ2n) is 5.75. The topological polar surface area (TPSA) is 83.8 Å². The first-order valence-electron chi connectivity index (χ1n) is 5.24. The van der Waals surface area contributed by atoms with Gasteiger partial charge in [0.25, 0.3) is 0 Å². The highest BCUT2D eigenvalue weighted by Gasteiger charge is 2.50. The fourth-order valence-electron chi connectivity index (χ4n) is 2.31. The molecule has 0 heterocycles. The zero-order valence-corrected chi connectivity index (χ0v) is 11.8. The van der Waals surface area contributed by atoms with Crippen LogP contribution in [0.15, 0.2) is 0 Å². The van der Waals surface area contributed by atoms with Gasteiger partial charge in [-0.25, -0.2) is 4.79 Å². The molecule has 0 aliphatic carbocycles. The Morgan fingerprint density at radius 1 is 1.12 bits per heavy atom. The van der Waals surface area contributed by atoms with Crippen LogP contribution in [0.25, 0.3) is 0 Å². The molecule has 0 saturated carbocycles. The van der Waals surface area contributed by atoms with Crippen molar-refractivity contribution < 1.29 is 24.2 Å². The number of carboxylic acid groups (broad SMARTS) is 2. The Morgan fingerprint density at radius 2 is 1.53 bits per heavy atom. The van der Waals surface area contributed by atoms with Crippen molar-refractivity contribution >= 4 is 22.4 Å². The normalized spacial score (nSPS) is 16.4. The summed E-state index contributed by atoms with van der Waals surface area (Å²) in [5, 5.41) is 18.3. The molecular formula is C11H19O5Si. The summed E-state index contributed by atoms with van der Waals surface area (Å²) in [6.45, 7) is 8.40. The molecule has 2 atom stereocenters. The van der Waals surface area contributed by atoms with E-state index >= 15 is 0 Å². The minimum atomic E-state index is -1.22. The summed E-state index contributed by atoms with van der Waals surface area (Å²) in [4.78, 5) is 22.4. The lowest BCUT2D eigenvalue weighted by atomic mass is 9.63. The van der Waals surface area contributed by atoms with Crippen molar-refractivity contribution in [1.29, 1.82) is 0 Å². The molecule has 3 radical (unpaired) electrons. The predicted molar refractivity (Wildman–Crippen MR) is 62.6 cm³/mol. The Bertz CT molecular complexity index is 305. The Morgan fingerprint density at radius 3 is 1.71 bits per heavy atom. The Kier molecular flexibility index (Phi) is 4.91. The molecule has 0 aliphatic rings. The van der Waals surface area contributed by atoms with Gasteiger partial charge in [0.05, 0.1) is 5.41 Å². The van der Waals surface area contributed by atoms with Crippen molar-refractivity contribution in [3.8, 4) is 0 Å². The van der Waals surface area contributed by atoms with E-state index in [1.165, 1.54) is 13.8 Å². The quantitative estimate of drug-likeness (QED) is 0.727. The van der Waals surface area contributed by atoms with Gasteiger partial charge in [-0.05, 0) is 19.3 Å². The number of rotatable bonds is 5. The van der Waals surface area contributed by atoms with Gasteiger partial charge in [-0.2, -0.15) is 0 Å². The van der Waals surface area contributed by atoms with E-state index in [9.17, 15) is 14.7 Å². The molecule has 0 aliphatic heterocycles. The highest BCUT2D eigenvalue weighted by Crippen LogP contribution is 2.43. The fourth-order valence-corrected chi connectivity index (χ4v) is 2.55. The van der Waals surface area contributed by atoms with E-state index < -0.39 is 34.8 Å². The molecule has 5 nitrogen and oxygen atoms in total. The molecule has 0 fully saturated rings. The highest BCUT2D eigenvalue weighted by molar-refractivity contribution is 5.99.